The van der Waals surface area contributed by atoms with Crippen molar-refractivity contribution in [2.24, 2.45) is 0 Å². The summed E-state index contributed by atoms with van der Waals surface area (Å²) in [6.45, 7) is 0. The Hall–Kier alpha value is -2.95. The summed E-state index contributed by atoms with van der Waals surface area (Å²) in [6, 6.07) is 2.14. The van der Waals surface area contributed by atoms with E-state index in [4.69, 9.17) is 9.47 Å². The van der Waals surface area contributed by atoms with Crippen molar-refractivity contribution in [1.82, 2.24) is 24.4 Å². The van der Waals surface area contributed by atoms with E-state index in [0.717, 1.165) is 16.4 Å². The second-order valence-corrected chi connectivity index (χ2v) is 6.31. The minimum atomic E-state index is -1.23. The fourth-order valence-corrected chi connectivity index (χ4v) is 3.99. The average Bonchev–Trinajstić information content (AvgIpc) is 3.08. The standard InChI is InChI=1S/C14H11N5O5S/c1-23-12(21)8-9(13(22)24-2)25-14-17-16-10-6-4-3-5-15-7(6)11(20)18(8)19(10)14/h3-5,8-9H,1-2H3/t8-,9-/m1/s1. The monoisotopic (exact) mass is 361 g/mol. The minimum absolute atomic E-state index is 0.123. The number of thioether (sulfide) groups is 1. The molecule has 0 spiro atoms. The number of carbonyl (C=O) groups excluding carboxylic acids is 2. The van der Waals surface area contributed by atoms with Crippen LogP contribution in [-0.2, 0) is 19.1 Å². The second kappa shape index (κ2) is 5.55. The van der Waals surface area contributed by atoms with E-state index in [9.17, 15) is 14.4 Å². The SMILES string of the molecule is COC(=O)[C@@H]1Sc2nnc3c4cccnc4c(=O)n(n23)[C@H]1C(=O)OC. The van der Waals surface area contributed by atoms with Crippen LogP contribution in [0.15, 0.2) is 28.3 Å². The molecule has 128 valence electrons. The number of rotatable bonds is 2. The van der Waals surface area contributed by atoms with E-state index in [0.29, 0.717) is 16.2 Å². The lowest BCUT2D eigenvalue weighted by Gasteiger charge is -2.28. The molecule has 4 heterocycles. The van der Waals surface area contributed by atoms with Crippen LogP contribution < -0.4 is 5.56 Å². The first-order chi connectivity index (χ1) is 12.1. The number of fused-ring (bicyclic) bond motifs is 2. The van der Waals surface area contributed by atoms with Crippen molar-refractivity contribution in [3.63, 3.8) is 0 Å². The molecule has 11 heteroatoms. The molecule has 0 aliphatic carbocycles. The second-order valence-electron chi connectivity index (χ2n) is 5.20. The number of ether oxygens (including phenoxy) is 2. The molecule has 3 aromatic rings. The van der Waals surface area contributed by atoms with Crippen molar-refractivity contribution in [3.8, 4) is 0 Å². The van der Waals surface area contributed by atoms with E-state index in [1.807, 2.05) is 0 Å². The van der Waals surface area contributed by atoms with Crippen LogP contribution in [0.2, 0.25) is 0 Å². The Morgan fingerprint density at radius 3 is 2.68 bits per heavy atom. The molecular weight excluding hydrogens is 350 g/mol. The molecule has 2 atom stereocenters. The first-order valence-corrected chi connectivity index (χ1v) is 8.03. The van der Waals surface area contributed by atoms with Gasteiger partial charge in [0, 0.05) is 6.20 Å². The molecule has 0 bridgehead atoms. The van der Waals surface area contributed by atoms with Gasteiger partial charge in [-0.25, -0.2) is 14.0 Å². The predicted molar refractivity (Wildman–Crippen MR) is 85.3 cm³/mol. The minimum Gasteiger partial charge on any atom is -0.468 e. The van der Waals surface area contributed by atoms with E-state index < -0.39 is 28.8 Å². The molecule has 0 saturated carbocycles. The number of hydrogen-bond donors (Lipinski definition) is 0. The Kier molecular flexibility index (Phi) is 3.46. The Labute approximate surface area is 143 Å². The molecule has 3 aromatic heterocycles. The third-order valence-electron chi connectivity index (χ3n) is 3.95. The number of methoxy groups -OCH3 is 2. The van der Waals surface area contributed by atoms with Gasteiger partial charge in [-0.15, -0.1) is 10.2 Å². The van der Waals surface area contributed by atoms with Crippen molar-refractivity contribution in [3.05, 3.63) is 28.7 Å². The maximum absolute atomic E-state index is 13.0. The lowest BCUT2D eigenvalue weighted by Crippen LogP contribution is -2.46. The zero-order valence-electron chi connectivity index (χ0n) is 13.1. The summed E-state index contributed by atoms with van der Waals surface area (Å²) < 4.78 is 12.1. The van der Waals surface area contributed by atoms with Crippen molar-refractivity contribution < 1.29 is 19.1 Å². The summed E-state index contributed by atoms with van der Waals surface area (Å²) in [5, 5.41) is 7.89. The molecule has 0 N–H and O–H groups in total. The predicted octanol–water partition coefficient (Wildman–Crippen LogP) is -0.199. The topological polar surface area (TPSA) is 118 Å². The maximum atomic E-state index is 13.0. The molecule has 1 aliphatic heterocycles. The fraction of sp³-hybridized carbons (Fsp3) is 0.286. The van der Waals surface area contributed by atoms with Gasteiger partial charge in [-0.05, 0) is 12.1 Å². The van der Waals surface area contributed by atoms with Crippen molar-refractivity contribution in [2.75, 3.05) is 14.2 Å². The molecule has 0 fully saturated rings. The number of aromatic nitrogens is 5. The van der Waals surface area contributed by atoms with Crippen molar-refractivity contribution >= 4 is 40.3 Å². The summed E-state index contributed by atoms with van der Waals surface area (Å²) >= 11 is 0.992. The Bertz CT molecular complexity index is 1090. The third kappa shape index (κ3) is 2.05. The lowest BCUT2D eigenvalue weighted by molar-refractivity contribution is -0.151. The average molecular weight is 361 g/mol. The van der Waals surface area contributed by atoms with Gasteiger partial charge in [0.15, 0.2) is 11.7 Å². The van der Waals surface area contributed by atoms with Gasteiger partial charge in [-0.2, -0.15) is 0 Å². The first kappa shape index (κ1) is 15.6. The van der Waals surface area contributed by atoms with Gasteiger partial charge in [-0.1, -0.05) is 11.8 Å². The highest BCUT2D eigenvalue weighted by Crippen LogP contribution is 2.36. The van der Waals surface area contributed by atoms with E-state index >= 15 is 0 Å². The molecular formula is C14H11N5O5S. The molecule has 25 heavy (non-hydrogen) atoms. The molecule has 0 unspecified atom stereocenters. The number of carbonyl (C=O) groups is 2. The zero-order chi connectivity index (χ0) is 17.7. The molecule has 0 saturated heterocycles. The number of esters is 2. The summed E-state index contributed by atoms with van der Waals surface area (Å²) in [5.41, 5.74) is -0.0606. The maximum Gasteiger partial charge on any atom is 0.332 e. The van der Waals surface area contributed by atoms with Crippen LogP contribution in [0.4, 0.5) is 0 Å². The van der Waals surface area contributed by atoms with Crippen LogP contribution in [0.3, 0.4) is 0 Å². The number of nitrogens with zero attached hydrogens (tertiary/aromatic N) is 5. The summed E-state index contributed by atoms with van der Waals surface area (Å²) in [5.74, 6) is -1.42. The fourth-order valence-electron chi connectivity index (χ4n) is 2.85. The Balaban J connectivity index is 2.13. The first-order valence-electron chi connectivity index (χ1n) is 7.15. The van der Waals surface area contributed by atoms with Crippen LogP contribution in [0.5, 0.6) is 0 Å². The van der Waals surface area contributed by atoms with Gasteiger partial charge in [0.25, 0.3) is 5.56 Å². The van der Waals surface area contributed by atoms with Crippen LogP contribution in [0, 0.1) is 0 Å². The van der Waals surface area contributed by atoms with Gasteiger partial charge >= 0.3 is 11.9 Å². The normalized spacial score (nSPS) is 19.1. The highest BCUT2D eigenvalue weighted by atomic mass is 32.2. The van der Waals surface area contributed by atoms with Crippen LogP contribution in [-0.4, -0.2) is 55.8 Å². The Morgan fingerprint density at radius 1 is 1.20 bits per heavy atom. The number of hydrogen-bond acceptors (Lipinski definition) is 9. The molecule has 4 rings (SSSR count). The lowest BCUT2D eigenvalue weighted by atomic mass is 10.2. The molecule has 0 amide bonds. The Morgan fingerprint density at radius 2 is 1.96 bits per heavy atom. The largest absolute Gasteiger partial charge is 0.468 e. The third-order valence-corrected chi connectivity index (χ3v) is 5.12. The van der Waals surface area contributed by atoms with Gasteiger partial charge in [-0.3, -0.25) is 14.6 Å². The highest BCUT2D eigenvalue weighted by Gasteiger charge is 2.45. The zero-order valence-corrected chi connectivity index (χ0v) is 13.9. The van der Waals surface area contributed by atoms with Crippen molar-refractivity contribution in [1.29, 1.82) is 0 Å². The molecule has 0 aromatic carbocycles. The summed E-state index contributed by atoms with van der Waals surface area (Å²) in [4.78, 5) is 41.7. The van der Waals surface area contributed by atoms with E-state index in [2.05, 4.69) is 15.2 Å². The van der Waals surface area contributed by atoms with Gasteiger partial charge in [0.05, 0.1) is 19.6 Å². The van der Waals surface area contributed by atoms with Crippen LogP contribution >= 0.6 is 11.8 Å². The highest BCUT2D eigenvalue weighted by molar-refractivity contribution is 8.00. The van der Waals surface area contributed by atoms with Gasteiger partial charge in [0.1, 0.15) is 10.8 Å². The van der Waals surface area contributed by atoms with Crippen LogP contribution in [0.1, 0.15) is 6.04 Å². The van der Waals surface area contributed by atoms with E-state index in [-0.39, 0.29) is 5.52 Å². The smallest absolute Gasteiger partial charge is 0.332 e. The van der Waals surface area contributed by atoms with Crippen molar-refractivity contribution in [2.45, 2.75) is 16.4 Å². The van der Waals surface area contributed by atoms with E-state index in [1.54, 1.807) is 12.1 Å². The molecule has 10 nitrogen and oxygen atoms in total. The molecule has 1 aliphatic rings. The summed E-state index contributed by atoms with van der Waals surface area (Å²) in [6.07, 6.45) is 1.47. The van der Waals surface area contributed by atoms with Gasteiger partial charge in [0.2, 0.25) is 5.16 Å². The van der Waals surface area contributed by atoms with Gasteiger partial charge < -0.3 is 9.47 Å². The van der Waals surface area contributed by atoms with Crippen LogP contribution in [0.25, 0.3) is 16.6 Å². The quantitative estimate of drug-likeness (QED) is 0.572. The molecule has 0 radical (unpaired) electrons. The number of pyridine rings is 1. The van der Waals surface area contributed by atoms with E-state index in [1.165, 1.54) is 24.9 Å². The summed E-state index contributed by atoms with van der Waals surface area (Å²) in [7, 11) is 2.39.